The lowest BCUT2D eigenvalue weighted by Crippen LogP contribution is -2.37. The molecule has 2 N–H and O–H groups in total. The maximum atomic E-state index is 6.19. The minimum Gasteiger partial charge on any atom is -0.497 e. The molecular weight excluding hydrogens is 446 g/mol. The number of nitrogens with zero attached hydrogens (tertiary/aromatic N) is 1. The van der Waals surface area contributed by atoms with E-state index in [1.54, 1.807) is 7.11 Å². The van der Waals surface area contributed by atoms with E-state index in [9.17, 15) is 0 Å². The van der Waals surface area contributed by atoms with Crippen molar-refractivity contribution in [1.82, 2.24) is 5.43 Å². The van der Waals surface area contributed by atoms with E-state index >= 15 is 0 Å². The second-order valence-corrected chi connectivity index (χ2v) is 9.17. The van der Waals surface area contributed by atoms with Crippen LogP contribution < -0.4 is 25.0 Å². The second-order valence-electron chi connectivity index (χ2n) is 8.76. The molecule has 7 heteroatoms. The Balaban J connectivity index is 1.49. The number of hydrazone groups is 1. The molecule has 1 aliphatic heterocycles. The average Bonchev–Trinajstić information content (AvgIpc) is 2.82. The predicted octanol–water partition coefficient (Wildman–Crippen LogP) is 5.83. The van der Waals surface area contributed by atoms with Gasteiger partial charge in [-0.3, -0.25) is 5.43 Å². The van der Waals surface area contributed by atoms with Crippen LogP contribution in [0, 0.1) is 6.92 Å². The summed E-state index contributed by atoms with van der Waals surface area (Å²) >= 11 is 5.44. The number of aryl methyl sites for hydroxylation is 1. The Hall–Kier alpha value is -3.58. The van der Waals surface area contributed by atoms with E-state index in [1.807, 2.05) is 68.4 Å². The maximum Gasteiger partial charge on any atom is 0.191 e. The molecule has 4 rings (SSSR count). The van der Waals surface area contributed by atoms with Crippen molar-refractivity contribution in [3.05, 3.63) is 83.4 Å². The lowest BCUT2D eigenvalue weighted by Gasteiger charge is -2.33. The number of fused-ring (bicyclic) bond motifs is 1. The summed E-state index contributed by atoms with van der Waals surface area (Å²) in [5.74, 6) is 2.32. The fraction of sp³-hybridized carbons (Fsp3) is 0.259. The van der Waals surface area contributed by atoms with Gasteiger partial charge in [-0.2, -0.15) is 5.10 Å². The lowest BCUT2D eigenvalue weighted by atomic mass is 9.92. The molecule has 176 valence electrons. The van der Waals surface area contributed by atoms with Gasteiger partial charge in [0, 0.05) is 17.7 Å². The van der Waals surface area contributed by atoms with Gasteiger partial charge >= 0.3 is 0 Å². The summed E-state index contributed by atoms with van der Waals surface area (Å²) in [5, 5.41) is 8.16. The highest BCUT2D eigenvalue weighted by atomic mass is 32.1. The van der Waals surface area contributed by atoms with Gasteiger partial charge in [0.05, 0.1) is 12.8 Å². The van der Waals surface area contributed by atoms with Crippen LogP contribution in [0.2, 0.25) is 0 Å². The van der Waals surface area contributed by atoms with E-state index in [0.29, 0.717) is 18.1 Å². The van der Waals surface area contributed by atoms with Crippen molar-refractivity contribution >= 4 is 28.7 Å². The van der Waals surface area contributed by atoms with Crippen molar-refractivity contribution in [2.75, 3.05) is 12.4 Å². The SMILES string of the molecule is COc1ccc(NC(=S)NN=C2CC(C)(C)Oc3ccc(OCc4ccccc4C)cc32)cc1. The molecule has 0 aromatic heterocycles. The maximum absolute atomic E-state index is 6.19. The summed E-state index contributed by atoms with van der Waals surface area (Å²) < 4.78 is 17.5. The van der Waals surface area contributed by atoms with E-state index in [2.05, 4.69) is 34.9 Å². The van der Waals surface area contributed by atoms with Crippen molar-refractivity contribution in [2.24, 2.45) is 5.10 Å². The monoisotopic (exact) mass is 475 g/mol. The molecule has 0 saturated carbocycles. The van der Waals surface area contributed by atoms with E-state index < -0.39 is 0 Å². The molecule has 3 aromatic carbocycles. The van der Waals surface area contributed by atoms with Gasteiger partial charge in [-0.05, 0) is 86.6 Å². The van der Waals surface area contributed by atoms with Gasteiger partial charge in [-0.1, -0.05) is 24.3 Å². The molecule has 0 fully saturated rings. The first-order valence-electron chi connectivity index (χ1n) is 11.1. The Labute approximate surface area is 205 Å². The van der Waals surface area contributed by atoms with E-state index in [1.165, 1.54) is 5.56 Å². The van der Waals surface area contributed by atoms with Crippen LogP contribution in [-0.2, 0) is 6.61 Å². The summed E-state index contributed by atoms with van der Waals surface area (Å²) in [6.07, 6.45) is 0.624. The van der Waals surface area contributed by atoms with Crippen LogP contribution in [0.3, 0.4) is 0 Å². The van der Waals surface area contributed by atoms with Gasteiger partial charge < -0.3 is 19.5 Å². The normalized spacial score (nSPS) is 15.1. The van der Waals surface area contributed by atoms with Gasteiger partial charge in [0.1, 0.15) is 29.5 Å². The number of benzene rings is 3. The van der Waals surface area contributed by atoms with Gasteiger partial charge in [0.15, 0.2) is 5.11 Å². The number of hydrogen-bond donors (Lipinski definition) is 2. The Morgan fingerprint density at radius 2 is 1.79 bits per heavy atom. The smallest absolute Gasteiger partial charge is 0.191 e. The number of ether oxygens (including phenoxy) is 3. The number of anilines is 1. The number of rotatable bonds is 6. The second kappa shape index (κ2) is 10.1. The topological polar surface area (TPSA) is 64.1 Å². The fourth-order valence-corrected chi connectivity index (χ4v) is 3.89. The molecule has 1 heterocycles. The first kappa shape index (κ1) is 23.6. The highest BCUT2D eigenvalue weighted by Crippen LogP contribution is 2.35. The van der Waals surface area contributed by atoms with Crippen molar-refractivity contribution in [3.8, 4) is 17.2 Å². The summed E-state index contributed by atoms with van der Waals surface area (Å²) in [5.41, 5.74) is 7.53. The van der Waals surface area contributed by atoms with Crippen molar-refractivity contribution in [3.63, 3.8) is 0 Å². The van der Waals surface area contributed by atoms with Crippen LogP contribution in [0.1, 0.15) is 37.0 Å². The number of hydrogen-bond acceptors (Lipinski definition) is 5. The van der Waals surface area contributed by atoms with E-state index in [0.717, 1.165) is 39.8 Å². The highest BCUT2D eigenvalue weighted by molar-refractivity contribution is 7.80. The van der Waals surface area contributed by atoms with Crippen LogP contribution >= 0.6 is 12.2 Å². The lowest BCUT2D eigenvalue weighted by molar-refractivity contribution is 0.111. The molecule has 3 aromatic rings. The molecule has 0 atom stereocenters. The minimum absolute atomic E-state index is 0.387. The van der Waals surface area contributed by atoms with Crippen LogP contribution in [0.25, 0.3) is 0 Å². The standard InChI is InChI=1S/C27H29N3O3S/c1-18-7-5-6-8-19(18)17-32-22-13-14-25-23(15-22)24(16-27(2,3)33-25)29-30-26(34)28-20-9-11-21(31-4)12-10-20/h5-15H,16-17H2,1-4H3,(H2,28,30,34). The van der Waals surface area contributed by atoms with Gasteiger partial charge in [0.2, 0.25) is 0 Å². The Morgan fingerprint density at radius 3 is 2.53 bits per heavy atom. The third-order valence-electron chi connectivity index (χ3n) is 5.54. The zero-order valence-corrected chi connectivity index (χ0v) is 20.7. The zero-order valence-electron chi connectivity index (χ0n) is 19.8. The molecule has 1 aliphatic rings. The number of methoxy groups -OCH3 is 1. The van der Waals surface area contributed by atoms with E-state index in [-0.39, 0.29) is 5.60 Å². The first-order chi connectivity index (χ1) is 16.3. The van der Waals surface area contributed by atoms with Gasteiger partial charge in [-0.15, -0.1) is 0 Å². The molecule has 0 aliphatic carbocycles. The minimum atomic E-state index is -0.387. The van der Waals surface area contributed by atoms with Gasteiger partial charge in [0.25, 0.3) is 0 Å². The molecule has 6 nitrogen and oxygen atoms in total. The van der Waals surface area contributed by atoms with Crippen LogP contribution in [0.5, 0.6) is 17.2 Å². The summed E-state index contributed by atoms with van der Waals surface area (Å²) in [6.45, 7) is 6.67. The molecule has 0 saturated heterocycles. The zero-order chi connectivity index (χ0) is 24.1. The van der Waals surface area contributed by atoms with Crippen LogP contribution in [-0.4, -0.2) is 23.5 Å². The summed E-state index contributed by atoms with van der Waals surface area (Å²) in [6, 6.07) is 21.6. The Bertz CT molecular complexity index is 1210. The van der Waals surface area contributed by atoms with Gasteiger partial charge in [-0.25, -0.2) is 0 Å². The first-order valence-corrected chi connectivity index (χ1v) is 11.5. The number of nitrogens with one attached hydrogen (secondary N) is 2. The largest absolute Gasteiger partial charge is 0.497 e. The third kappa shape index (κ3) is 5.85. The molecular formula is C27H29N3O3S. The van der Waals surface area contributed by atoms with Crippen LogP contribution in [0.15, 0.2) is 71.8 Å². The van der Waals surface area contributed by atoms with Crippen molar-refractivity contribution < 1.29 is 14.2 Å². The van der Waals surface area contributed by atoms with Crippen LogP contribution in [0.4, 0.5) is 5.69 Å². The Morgan fingerprint density at radius 1 is 1.06 bits per heavy atom. The fourth-order valence-electron chi connectivity index (χ4n) is 3.73. The average molecular weight is 476 g/mol. The highest BCUT2D eigenvalue weighted by Gasteiger charge is 2.31. The van der Waals surface area contributed by atoms with E-state index in [4.69, 9.17) is 26.4 Å². The molecule has 0 radical (unpaired) electrons. The molecule has 0 amide bonds. The Kier molecular flexibility index (Phi) is 7.03. The van der Waals surface area contributed by atoms with Crippen molar-refractivity contribution in [1.29, 1.82) is 0 Å². The third-order valence-corrected chi connectivity index (χ3v) is 5.73. The van der Waals surface area contributed by atoms with Crippen molar-refractivity contribution in [2.45, 2.75) is 39.4 Å². The summed E-state index contributed by atoms with van der Waals surface area (Å²) in [4.78, 5) is 0. The summed E-state index contributed by atoms with van der Waals surface area (Å²) in [7, 11) is 1.64. The molecule has 0 unspecified atom stereocenters. The predicted molar refractivity (Wildman–Crippen MR) is 140 cm³/mol. The quantitative estimate of drug-likeness (QED) is 0.345. The molecule has 0 bridgehead atoms. The molecule has 34 heavy (non-hydrogen) atoms. The molecule has 0 spiro atoms. The number of thiocarbonyl (C=S) groups is 1.